The van der Waals surface area contributed by atoms with Crippen molar-refractivity contribution >= 4 is 35.1 Å². The van der Waals surface area contributed by atoms with E-state index in [0.717, 1.165) is 0 Å². The van der Waals surface area contributed by atoms with E-state index in [1.165, 1.54) is 24.1 Å². The topological polar surface area (TPSA) is 59.5 Å². The second-order valence-corrected chi connectivity index (χ2v) is 4.87. The molecule has 0 aliphatic rings. The predicted molar refractivity (Wildman–Crippen MR) is 72.4 cm³/mol. The van der Waals surface area contributed by atoms with Gasteiger partial charge in [0.25, 0.3) is 5.91 Å². The maximum atomic E-state index is 12.1. The highest BCUT2D eigenvalue weighted by Gasteiger charge is 2.22. The third kappa shape index (κ3) is 4.08. The smallest absolute Gasteiger partial charge is 0.310 e. The molecule has 1 amide bonds. The molecule has 0 fully saturated rings. The van der Waals surface area contributed by atoms with Gasteiger partial charge in [-0.2, -0.15) is 0 Å². The molecule has 104 valence electrons. The van der Waals surface area contributed by atoms with Crippen LogP contribution in [0.4, 0.5) is 0 Å². The van der Waals surface area contributed by atoms with Gasteiger partial charge in [-0.1, -0.05) is 30.1 Å². The number of carbonyl (C=O) groups excluding carboxylic acids is 2. The Morgan fingerprint density at radius 3 is 2.63 bits per heavy atom. The van der Waals surface area contributed by atoms with Crippen LogP contribution in [0.5, 0.6) is 0 Å². The van der Waals surface area contributed by atoms with E-state index in [1.54, 1.807) is 14.0 Å². The van der Waals surface area contributed by atoms with Gasteiger partial charge in [0, 0.05) is 13.6 Å². The summed E-state index contributed by atoms with van der Waals surface area (Å²) in [5.41, 5.74) is 0.0636. The lowest BCUT2D eigenvalue weighted by atomic mass is 10.1. The van der Waals surface area contributed by atoms with Gasteiger partial charge in [-0.25, -0.2) is 4.98 Å². The molecule has 0 saturated carbocycles. The van der Waals surface area contributed by atoms with E-state index in [1.807, 2.05) is 0 Å². The Morgan fingerprint density at radius 2 is 2.05 bits per heavy atom. The molecule has 1 aromatic heterocycles. The highest BCUT2D eigenvalue weighted by molar-refractivity contribution is 6.34. The molecular weight excluding hydrogens is 291 g/mol. The van der Waals surface area contributed by atoms with E-state index in [4.69, 9.17) is 23.2 Å². The van der Waals surface area contributed by atoms with Crippen LogP contribution in [0.2, 0.25) is 10.2 Å². The highest BCUT2D eigenvalue weighted by atomic mass is 35.5. The number of nitrogens with zero attached hydrogens (tertiary/aromatic N) is 2. The number of esters is 1. The molecule has 0 aliphatic heterocycles. The monoisotopic (exact) mass is 304 g/mol. The quantitative estimate of drug-likeness (QED) is 0.632. The Labute approximate surface area is 121 Å². The van der Waals surface area contributed by atoms with Crippen molar-refractivity contribution in [2.75, 3.05) is 20.7 Å². The van der Waals surface area contributed by atoms with Crippen LogP contribution in [0.15, 0.2) is 12.1 Å². The van der Waals surface area contributed by atoms with E-state index in [9.17, 15) is 9.59 Å². The second kappa shape index (κ2) is 6.73. The van der Waals surface area contributed by atoms with Crippen molar-refractivity contribution in [1.82, 2.24) is 9.88 Å². The van der Waals surface area contributed by atoms with Gasteiger partial charge in [0.05, 0.1) is 18.1 Å². The van der Waals surface area contributed by atoms with E-state index < -0.39 is 11.8 Å². The van der Waals surface area contributed by atoms with Crippen LogP contribution in [-0.4, -0.2) is 42.5 Å². The number of hydrogen-bond donors (Lipinski definition) is 0. The number of amides is 1. The molecule has 0 aliphatic carbocycles. The molecule has 0 radical (unpaired) electrons. The summed E-state index contributed by atoms with van der Waals surface area (Å²) in [5.74, 6) is -1.22. The van der Waals surface area contributed by atoms with Gasteiger partial charge in [0.2, 0.25) is 0 Å². The lowest BCUT2D eigenvalue weighted by Crippen LogP contribution is -2.34. The zero-order chi connectivity index (χ0) is 14.6. The lowest BCUT2D eigenvalue weighted by Gasteiger charge is -2.20. The fourth-order valence-electron chi connectivity index (χ4n) is 1.52. The Bertz CT molecular complexity index is 494. The summed E-state index contributed by atoms with van der Waals surface area (Å²) in [6, 6.07) is 3.00. The van der Waals surface area contributed by atoms with E-state index >= 15 is 0 Å². The minimum Gasteiger partial charge on any atom is -0.469 e. The summed E-state index contributed by atoms with van der Waals surface area (Å²) in [6.07, 6.45) is 0. The van der Waals surface area contributed by atoms with Gasteiger partial charge in [0.1, 0.15) is 10.8 Å². The zero-order valence-corrected chi connectivity index (χ0v) is 12.3. The fraction of sp³-hybridized carbons (Fsp3) is 0.417. The molecule has 0 aromatic carbocycles. The van der Waals surface area contributed by atoms with Gasteiger partial charge in [0.15, 0.2) is 0 Å². The molecule has 0 saturated heterocycles. The minimum atomic E-state index is -0.433. The van der Waals surface area contributed by atoms with Gasteiger partial charge in [-0.05, 0) is 12.1 Å². The first kappa shape index (κ1) is 15.7. The van der Waals surface area contributed by atoms with E-state index in [2.05, 4.69) is 9.72 Å². The summed E-state index contributed by atoms with van der Waals surface area (Å²) in [6.45, 7) is 1.87. The molecule has 19 heavy (non-hydrogen) atoms. The Balaban J connectivity index is 2.82. The Morgan fingerprint density at radius 1 is 1.42 bits per heavy atom. The first-order valence-corrected chi connectivity index (χ1v) is 6.27. The van der Waals surface area contributed by atoms with Crippen LogP contribution in [0.3, 0.4) is 0 Å². The summed E-state index contributed by atoms with van der Waals surface area (Å²) in [7, 11) is 2.86. The average Bonchev–Trinajstić information content (AvgIpc) is 2.39. The van der Waals surface area contributed by atoms with E-state index in [0.29, 0.717) is 0 Å². The van der Waals surface area contributed by atoms with Crippen LogP contribution in [0.25, 0.3) is 0 Å². The number of ether oxygens (including phenoxy) is 1. The Hall–Kier alpha value is -1.33. The predicted octanol–water partition coefficient (Wildman–Crippen LogP) is 2.27. The van der Waals surface area contributed by atoms with Gasteiger partial charge in [-0.15, -0.1) is 0 Å². The first-order chi connectivity index (χ1) is 8.86. The van der Waals surface area contributed by atoms with Gasteiger partial charge in [-0.3, -0.25) is 9.59 Å². The van der Waals surface area contributed by atoms with Crippen LogP contribution < -0.4 is 0 Å². The minimum absolute atomic E-state index is 0.0636. The maximum absolute atomic E-state index is 12.1. The van der Waals surface area contributed by atoms with Gasteiger partial charge < -0.3 is 9.64 Å². The summed E-state index contributed by atoms with van der Waals surface area (Å²) < 4.78 is 4.60. The van der Waals surface area contributed by atoms with Crippen LogP contribution in [0.1, 0.15) is 17.4 Å². The van der Waals surface area contributed by atoms with Crippen molar-refractivity contribution < 1.29 is 14.3 Å². The fourth-order valence-corrected chi connectivity index (χ4v) is 1.85. The van der Waals surface area contributed by atoms with Crippen LogP contribution in [-0.2, 0) is 9.53 Å². The normalized spacial score (nSPS) is 11.8. The van der Waals surface area contributed by atoms with Crippen molar-refractivity contribution in [3.8, 4) is 0 Å². The first-order valence-electron chi connectivity index (χ1n) is 5.52. The lowest BCUT2D eigenvalue weighted by molar-refractivity contribution is -0.145. The molecule has 0 N–H and O–H groups in total. The van der Waals surface area contributed by atoms with Crippen molar-refractivity contribution in [3.63, 3.8) is 0 Å². The van der Waals surface area contributed by atoms with Crippen LogP contribution >= 0.6 is 23.2 Å². The second-order valence-electron chi connectivity index (χ2n) is 4.07. The van der Waals surface area contributed by atoms with Crippen molar-refractivity contribution in [1.29, 1.82) is 0 Å². The van der Waals surface area contributed by atoms with Crippen molar-refractivity contribution in [3.05, 3.63) is 28.0 Å². The summed E-state index contributed by atoms with van der Waals surface area (Å²) >= 11 is 11.6. The molecule has 1 heterocycles. The van der Waals surface area contributed by atoms with Crippen molar-refractivity contribution in [2.24, 2.45) is 5.92 Å². The molecule has 1 aromatic rings. The molecule has 7 heteroatoms. The largest absolute Gasteiger partial charge is 0.469 e. The molecule has 1 atom stereocenters. The van der Waals surface area contributed by atoms with Gasteiger partial charge >= 0.3 is 5.97 Å². The number of pyridine rings is 1. The molecular formula is C12H14Cl2N2O3. The summed E-state index contributed by atoms with van der Waals surface area (Å²) in [5, 5.41) is 0.397. The van der Waals surface area contributed by atoms with Crippen molar-refractivity contribution in [2.45, 2.75) is 6.92 Å². The molecule has 1 unspecified atom stereocenters. The number of methoxy groups -OCH3 is 1. The van der Waals surface area contributed by atoms with Crippen LogP contribution in [0, 0.1) is 5.92 Å². The average molecular weight is 305 g/mol. The third-order valence-electron chi connectivity index (χ3n) is 2.51. The van der Waals surface area contributed by atoms with E-state index in [-0.39, 0.29) is 28.4 Å². The molecule has 0 bridgehead atoms. The molecule has 0 spiro atoms. The zero-order valence-electron chi connectivity index (χ0n) is 10.8. The Kier molecular flexibility index (Phi) is 5.57. The molecule has 5 nitrogen and oxygen atoms in total. The maximum Gasteiger partial charge on any atom is 0.310 e. The standard InChI is InChI=1S/C12H14Cl2N2O3/c1-7(12(18)19-3)6-16(2)11(17)10-8(13)4-5-9(14)15-10/h4-5,7H,6H2,1-3H3. The summed E-state index contributed by atoms with van der Waals surface area (Å²) in [4.78, 5) is 28.7. The number of hydrogen-bond acceptors (Lipinski definition) is 4. The number of rotatable bonds is 4. The number of carbonyl (C=O) groups is 2. The third-order valence-corrected chi connectivity index (χ3v) is 3.03. The SMILES string of the molecule is COC(=O)C(C)CN(C)C(=O)c1nc(Cl)ccc1Cl. The highest BCUT2D eigenvalue weighted by Crippen LogP contribution is 2.18. The number of halogens is 2. The number of aromatic nitrogens is 1. The molecule has 1 rings (SSSR count).